The van der Waals surface area contributed by atoms with Crippen molar-refractivity contribution in [2.45, 2.75) is 19.9 Å². The number of primary amides is 1. The number of carbonyl (C=O) groups excluding carboxylic acids is 1. The summed E-state index contributed by atoms with van der Waals surface area (Å²) in [6.45, 7) is 5.02. The molecular weight excluding hydrogens is 216 g/mol. The third-order valence-electron chi connectivity index (χ3n) is 2.81. The monoisotopic (exact) mass is 236 g/mol. The van der Waals surface area contributed by atoms with Crippen LogP contribution in [0.2, 0.25) is 0 Å². The molecule has 0 aliphatic carbocycles. The van der Waals surface area contributed by atoms with E-state index in [9.17, 15) is 4.79 Å². The summed E-state index contributed by atoms with van der Waals surface area (Å²) < 4.78 is 5.57. The van der Waals surface area contributed by atoms with Gasteiger partial charge in [0.15, 0.2) is 0 Å². The number of carbonyl (C=O) groups is 1. The van der Waals surface area contributed by atoms with Crippen LogP contribution in [0.4, 0.5) is 0 Å². The van der Waals surface area contributed by atoms with Crippen LogP contribution in [0.5, 0.6) is 5.75 Å². The lowest BCUT2D eigenvalue weighted by Gasteiger charge is -2.21. The number of benzene rings is 1. The van der Waals surface area contributed by atoms with Gasteiger partial charge in [0.25, 0.3) is 0 Å². The minimum Gasteiger partial charge on any atom is -0.492 e. The summed E-state index contributed by atoms with van der Waals surface area (Å²) >= 11 is 0. The number of nitrogens with zero attached hydrogens (tertiary/aromatic N) is 1. The highest BCUT2D eigenvalue weighted by Gasteiger charge is 2.13. The molecule has 0 heterocycles. The maximum Gasteiger partial charge on any atom is 0.234 e. The fraction of sp³-hybridized carbons (Fsp3) is 0.462. The topological polar surface area (TPSA) is 55.6 Å². The Morgan fingerprint density at radius 2 is 2.00 bits per heavy atom. The minimum absolute atomic E-state index is 0.267. The van der Waals surface area contributed by atoms with E-state index in [2.05, 4.69) is 0 Å². The van der Waals surface area contributed by atoms with E-state index in [1.807, 2.05) is 43.1 Å². The Balaban J connectivity index is 2.32. The second-order valence-corrected chi connectivity index (χ2v) is 4.22. The molecule has 4 nitrogen and oxygen atoms in total. The van der Waals surface area contributed by atoms with Crippen LogP contribution in [0.1, 0.15) is 12.5 Å². The van der Waals surface area contributed by atoms with E-state index < -0.39 is 0 Å². The molecule has 0 saturated carbocycles. The molecule has 17 heavy (non-hydrogen) atoms. The summed E-state index contributed by atoms with van der Waals surface area (Å²) in [5, 5.41) is 0. The zero-order chi connectivity index (χ0) is 12.8. The summed E-state index contributed by atoms with van der Waals surface area (Å²) in [6, 6.07) is 7.62. The Morgan fingerprint density at radius 1 is 1.41 bits per heavy atom. The lowest BCUT2D eigenvalue weighted by molar-refractivity contribution is -0.122. The fourth-order valence-electron chi connectivity index (χ4n) is 1.35. The first-order valence-corrected chi connectivity index (χ1v) is 5.69. The van der Waals surface area contributed by atoms with Gasteiger partial charge < -0.3 is 10.5 Å². The summed E-state index contributed by atoms with van der Waals surface area (Å²) in [5.74, 6) is 0.526. The Hall–Kier alpha value is -1.55. The molecule has 2 N–H and O–H groups in total. The van der Waals surface area contributed by atoms with Crippen LogP contribution in [0.15, 0.2) is 24.3 Å². The van der Waals surface area contributed by atoms with E-state index in [1.165, 1.54) is 5.56 Å². The van der Waals surface area contributed by atoms with Crippen LogP contribution in [-0.2, 0) is 4.79 Å². The maximum absolute atomic E-state index is 11.0. The Morgan fingerprint density at radius 3 is 2.53 bits per heavy atom. The molecule has 94 valence electrons. The molecule has 1 aromatic rings. The van der Waals surface area contributed by atoms with Crippen molar-refractivity contribution in [2.75, 3.05) is 20.2 Å². The molecule has 1 unspecified atom stereocenters. The predicted octanol–water partition coefficient (Wildman–Crippen LogP) is 1.18. The van der Waals surface area contributed by atoms with E-state index in [-0.39, 0.29) is 11.9 Å². The van der Waals surface area contributed by atoms with Crippen molar-refractivity contribution in [3.05, 3.63) is 29.8 Å². The summed E-state index contributed by atoms with van der Waals surface area (Å²) in [5.41, 5.74) is 6.42. The van der Waals surface area contributed by atoms with Crippen molar-refractivity contribution in [2.24, 2.45) is 5.73 Å². The van der Waals surface area contributed by atoms with Crippen LogP contribution in [0.3, 0.4) is 0 Å². The second kappa shape index (κ2) is 6.25. The van der Waals surface area contributed by atoms with Crippen LogP contribution in [0.25, 0.3) is 0 Å². The highest BCUT2D eigenvalue weighted by atomic mass is 16.5. The smallest absolute Gasteiger partial charge is 0.234 e. The maximum atomic E-state index is 11.0. The molecule has 1 rings (SSSR count). The van der Waals surface area contributed by atoms with Gasteiger partial charge >= 0.3 is 0 Å². The predicted molar refractivity (Wildman–Crippen MR) is 68.0 cm³/mol. The molecule has 0 aliphatic heterocycles. The van der Waals surface area contributed by atoms with Gasteiger partial charge in [-0.25, -0.2) is 0 Å². The van der Waals surface area contributed by atoms with Crippen LogP contribution >= 0.6 is 0 Å². The zero-order valence-electron chi connectivity index (χ0n) is 10.6. The Labute approximate surface area is 102 Å². The number of rotatable bonds is 6. The highest BCUT2D eigenvalue weighted by molar-refractivity contribution is 5.79. The standard InChI is InChI=1S/C13H20N2O2/c1-10-4-6-12(7-5-10)17-9-8-15(3)11(2)13(14)16/h4-7,11H,8-9H2,1-3H3,(H2,14,16). The van der Waals surface area contributed by atoms with Crippen molar-refractivity contribution in [1.82, 2.24) is 4.90 Å². The first-order chi connectivity index (χ1) is 8.00. The number of hydrogen-bond donors (Lipinski definition) is 1. The van der Waals surface area contributed by atoms with Crippen LogP contribution in [-0.4, -0.2) is 37.0 Å². The molecule has 0 aliphatic rings. The van der Waals surface area contributed by atoms with Crippen molar-refractivity contribution < 1.29 is 9.53 Å². The lowest BCUT2D eigenvalue weighted by atomic mass is 10.2. The normalized spacial score (nSPS) is 12.5. The van der Waals surface area contributed by atoms with Gasteiger partial charge in [-0.05, 0) is 33.0 Å². The van der Waals surface area contributed by atoms with Crippen molar-refractivity contribution >= 4 is 5.91 Å². The van der Waals surface area contributed by atoms with Crippen LogP contribution in [0, 0.1) is 6.92 Å². The number of nitrogens with two attached hydrogens (primary N) is 1. The average Bonchev–Trinajstić information content (AvgIpc) is 2.30. The SMILES string of the molecule is Cc1ccc(OCCN(C)C(C)C(N)=O)cc1. The quantitative estimate of drug-likeness (QED) is 0.807. The van der Waals surface area contributed by atoms with E-state index in [0.29, 0.717) is 13.2 Å². The molecule has 0 aromatic heterocycles. The average molecular weight is 236 g/mol. The summed E-state index contributed by atoms with van der Waals surface area (Å²) in [7, 11) is 1.86. The van der Waals surface area contributed by atoms with E-state index >= 15 is 0 Å². The number of aryl methyl sites for hydroxylation is 1. The van der Waals surface area contributed by atoms with Gasteiger partial charge in [0.05, 0.1) is 6.04 Å². The van der Waals surface area contributed by atoms with E-state index in [4.69, 9.17) is 10.5 Å². The molecule has 0 radical (unpaired) electrons. The molecule has 1 aromatic carbocycles. The van der Waals surface area contributed by atoms with Crippen molar-refractivity contribution in [3.8, 4) is 5.75 Å². The molecule has 0 saturated heterocycles. The fourth-order valence-corrected chi connectivity index (χ4v) is 1.35. The van der Waals surface area contributed by atoms with E-state index in [0.717, 1.165) is 5.75 Å². The molecule has 1 amide bonds. The van der Waals surface area contributed by atoms with Gasteiger partial charge in [-0.1, -0.05) is 17.7 Å². The number of likely N-dealkylation sites (N-methyl/N-ethyl adjacent to an activating group) is 1. The molecular formula is C13H20N2O2. The molecule has 0 bridgehead atoms. The number of amides is 1. The van der Waals surface area contributed by atoms with Gasteiger partial charge in [0.1, 0.15) is 12.4 Å². The van der Waals surface area contributed by atoms with Crippen molar-refractivity contribution in [1.29, 1.82) is 0 Å². The zero-order valence-corrected chi connectivity index (χ0v) is 10.6. The molecule has 4 heteroatoms. The first kappa shape index (κ1) is 13.5. The Kier molecular flexibility index (Phi) is 4.97. The minimum atomic E-state index is -0.317. The van der Waals surface area contributed by atoms with Crippen molar-refractivity contribution in [3.63, 3.8) is 0 Å². The van der Waals surface area contributed by atoms with Gasteiger partial charge in [-0.2, -0.15) is 0 Å². The largest absolute Gasteiger partial charge is 0.492 e. The first-order valence-electron chi connectivity index (χ1n) is 5.69. The summed E-state index contributed by atoms with van der Waals surface area (Å²) in [4.78, 5) is 12.8. The highest BCUT2D eigenvalue weighted by Crippen LogP contribution is 2.11. The second-order valence-electron chi connectivity index (χ2n) is 4.22. The van der Waals surface area contributed by atoms with E-state index in [1.54, 1.807) is 6.92 Å². The third-order valence-corrected chi connectivity index (χ3v) is 2.81. The molecule has 0 fully saturated rings. The van der Waals surface area contributed by atoms with Gasteiger partial charge in [-0.15, -0.1) is 0 Å². The van der Waals surface area contributed by atoms with Gasteiger partial charge in [0.2, 0.25) is 5.91 Å². The number of ether oxygens (including phenoxy) is 1. The third kappa shape index (κ3) is 4.44. The van der Waals surface area contributed by atoms with Gasteiger partial charge in [-0.3, -0.25) is 9.69 Å². The Bertz CT molecular complexity index is 362. The van der Waals surface area contributed by atoms with Gasteiger partial charge in [0, 0.05) is 6.54 Å². The van der Waals surface area contributed by atoms with Crippen LogP contribution < -0.4 is 10.5 Å². The number of hydrogen-bond acceptors (Lipinski definition) is 3. The molecule has 1 atom stereocenters. The summed E-state index contributed by atoms with van der Waals surface area (Å²) in [6.07, 6.45) is 0. The molecule has 0 spiro atoms. The lowest BCUT2D eigenvalue weighted by Crippen LogP contribution is -2.41.